The Kier molecular flexibility index (Phi) is 6.29. The highest BCUT2D eigenvalue weighted by molar-refractivity contribution is 7.99. The summed E-state index contributed by atoms with van der Waals surface area (Å²) in [6.45, 7) is 7.05. The fourth-order valence-corrected chi connectivity index (χ4v) is 4.32. The molecule has 0 amide bonds. The van der Waals surface area contributed by atoms with Gasteiger partial charge in [-0.1, -0.05) is 30.3 Å². The Morgan fingerprint density at radius 2 is 1.81 bits per heavy atom. The number of carbonyl (C=O) groups is 1. The number of hydrogen-bond donors (Lipinski definition) is 2. The molecule has 3 rings (SSSR count). The average Bonchev–Trinajstić information content (AvgIpc) is 3.15. The van der Waals surface area contributed by atoms with Crippen LogP contribution in [-0.4, -0.2) is 36.1 Å². The van der Waals surface area contributed by atoms with Crippen molar-refractivity contribution in [1.82, 2.24) is 5.32 Å². The topological polar surface area (TPSA) is 67.8 Å². The maximum atomic E-state index is 11.2. The van der Waals surface area contributed by atoms with Crippen LogP contribution < -0.4 is 14.8 Å². The van der Waals surface area contributed by atoms with Crippen molar-refractivity contribution in [2.45, 2.75) is 32.2 Å². The second-order valence-electron chi connectivity index (χ2n) is 6.66. The summed E-state index contributed by atoms with van der Waals surface area (Å²) in [5.74, 6) is 1.41. The number of aliphatic carboxylic acids is 1. The number of carboxylic acid groups (broad SMARTS) is 1. The van der Waals surface area contributed by atoms with E-state index in [9.17, 15) is 4.79 Å². The number of carboxylic acids is 1. The molecule has 1 heterocycles. The molecule has 2 aromatic carbocycles. The molecular formula is C21H25NO4S. The number of thioether (sulfide) groups is 1. The van der Waals surface area contributed by atoms with Gasteiger partial charge in [-0.05, 0) is 43.5 Å². The van der Waals surface area contributed by atoms with Crippen molar-refractivity contribution in [2.75, 3.05) is 19.0 Å². The zero-order chi connectivity index (χ0) is 19.4. The van der Waals surface area contributed by atoms with Crippen LogP contribution in [0.25, 0.3) is 0 Å². The molecular weight excluding hydrogens is 362 g/mol. The molecule has 6 heteroatoms. The summed E-state index contributed by atoms with van der Waals surface area (Å²) in [6.07, 6.45) is 0. The largest absolute Gasteiger partial charge is 0.490 e. The summed E-state index contributed by atoms with van der Waals surface area (Å²) in [4.78, 5) is 11.2. The minimum absolute atomic E-state index is 0.0792. The molecule has 1 saturated heterocycles. The SMILES string of the molecule is Cc1ccc(C)c(OCCOc2ccccc2C2NC(C(=O)O)CS2)c1C. The second-order valence-corrected chi connectivity index (χ2v) is 7.80. The van der Waals surface area contributed by atoms with E-state index in [1.807, 2.05) is 31.2 Å². The lowest BCUT2D eigenvalue weighted by Gasteiger charge is -2.18. The van der Waals surface area contributed by atoms with E-state index in [1.165, 1.54) is 5.56 Å². The van der Waals surface area contributed by atoms with Crippen LogP contribution in [0.1, 0.15) is 27.6 Å². The highest BCUT2D eigenvalue weighted by atomic mass is 32.2. The zero-order valence-corrected chi connectivity index (χ0v) is 16.6. The van der Waals surface area contributed by atoms with Crippen molar-refractivity contribution >= 4 is 17.7 Å². The fraction of sp³-hybridized carbons (Fsp3) is 0.381. The van der Waals surface area contributed by atoms with Crippen LogP contribution in [0.2, 0.25) is 0 Å². The Bertz CT molecular complexity index is 824. The highest BCUT2D eigenvalue weighted by Gasteiger charge is 2.31. The molecule has 144 valence electrons. The van der Waals surface area contributed by atoms with Gasteiger partial charge in [0.15, 0.2) is 0 Å². The van der Waals surface area contributed by atoms with E-state index in [2.05, 4.69) is 31.3 Å². The lowest BCUT2D eigenvalue weighted by atomic mass is 10.1. The third-order valence-corrected chi connectivity index (χ3v) is 5.99. The van der Waals surface area contributed by atoms with E-state index in [-0.39, 0.29) is 5.37 Å². The van der Waals surface area contributed by atoms with Crippen LogP contribution >= 0.6 is 11.8 Å². The Morgan fingerprint density at radius 3 is 2.56 bits per heavy atom. The third kappa shape index (κ3) is 4.57. The van der Waals surface area contributed by atoms with E-state index in [0.717, 1.165) is 28.2 Å². The fourth-order valence-electron chi connectivity index (χ4n) is 3.07. The van der Waals surface area contributed by atoms with Crippen LogP contribution in [-0.2, 0) is 4.79 Å². The van der Waals surface area contributed by atoms with Crippen molar-refractivity contribution in [3.8, 4) is 11.5 Å². The number of rotatable bonds is 7. The standard InChI is InChI=1S/C21H25NO4S/c1-13-8-9-14(2)19(15(13)3)26-11-10-25-18-7-5-4-6-16(18)20-22-17(12-27-20)21(23)24/h4-9,17,20,22H,10-12H2,1-3H3,(H,23,24). The number of ether oxygens (including phenoxy) is 2. The minimum atomic E-state index is -0.819. The van der Waals surface area contributed by atoms with Crippen molar-refractivity contribution < 1.29 is 19.4 Å². The van der Waals surface area contributed by atoms with E-state index in [0.29, 0.717) is 19.0 Å². The summed E-state index contributed by atoms with van der Waals surface area (Å²) < 4.78 is 11.9. The van der Waals surface area contributed by atoms with Crippen LogP contribution in [0.15, 0.2) is 36.4 Å². The van der Waals surface area contributed by atoms with Crippen LogP contribution in [0.3, 0.4) is 0 Å². The van der Waals surface area contributed by atoms with Gasteiger partial charge in [-0.2, -0.15) is 0 Å². The zero-order valence-electron chi connectivity index (χ0n) is 15.8. The maximum absolute atomic E-state index is 11.2. The number of nitrogens with one attached hydrogen (secondary N) is 1. The molecule has 0 radical (unpaired) electrons. The van der Waals surface area contributed by atoms with Gasteiger partial charge in [0.25, 0.3) is 0 Å². The van der Waals surface area contributed by atoms with Gasteiger partial charge < -0.3 is 14.6 Å². The molecule has 2 N–H and O–H groups in total. The third-order valence-electron chi connectivity index (χ3n) is 4.74. The molecule has 1 aliphatic heterocycles. The molecule has 1 aliphatic rings. The molecule has 0 saturated carbocycles. The predicted octanol–water partition coefficient (Wildman–Crippen LogP) is 3.86. The van der Waals surface area contributed by atoms with Gasteiger partial charge in [-0.15, -0.1) is 11.8 Å². The number of hydrogen-bond acceptors (Lipinski definition) is 5. The van der Waals surface area contributed by atoms with E-state index >= 15 is 0 Å². The van der Waals surface area contributed by atoms with Gasteiger partial charge in [0.05, 0.1) is 5.37 Å². The normalized spacial score (nSPS) is 19.1. The molecule has 0 aliphatic carbocycles. The minimum Gasteiger partial charge on any atom is -0.490 e. The smallest absolute Gasteiger partial charge is 0.321 e. The van der Waals surface area contributed by atoms with Crippen molar-refractivity contribution in [3.63, 3.8) is 0 Å². The highest BCUT2D eigenvalue weighted by Crippen LogP contribution is 2.37. The quantitative estimate of drug-likeness (QED) is 0.703. The molecule has 2 unspecified atom stereocenters. The van der Waals surface area contributed by atoms with Gasteiger partial charge in [0, 0.05) is 11.3 Å². The predicted molar refractivity (Wildman–Crippen MR) is 108 cm³/mol. The molecule has 2 atom stereocenters. The summed E-state index contributed by atoms with van der Waals surface area (Å²) in [6, 6.07) is 11.4. The van der Waals surface area contributed by atoms with Gasteiger partial charge in [-0.25, -0.2) is 0 Å². The van der Waals surface area contributed by atoms with Crippen molar-refractivity contribution in [3.05, 3.63) is 58.7 Å². The first-order valence-corrected chi connectivity index (χ1v) is 10.0. The first-order valence-electron chi connectivity index (χ1n) is 8.99. The number of para-hydroxylation sites is 1. The van der Waals surface area contributed by atoms with Gasteiger partial charge in [0.2, 0.25) is 0 Å². The maximum Gasteiger partial charge on any atom is 0.321 e. The first-order chi connectivity index (χ1) is 13.0. The van der Waals surface area contributed by atoms with E-state index in [1.54, 1.807) is 11.8 Å². The molecule has 2 aromatic rings. The van der Waals surface area contributed by atoms with Crippen molar-refractivity contribution in [1.29, 1.82) is 0 Å². The van der Waals surface area contributed by atoms with Gasteiger partial charge in [-0.3, -0.25) is 10.1 Å². The lowest BCUT2D eigenvalue weighted by Crippen LogP contribution is -2.33. The van der Waals surface area contributed by atoms with E-state index in [4.69, 9.17) is 14.6 Å². The Hall–Kier alpha value is -2.18. The van der Waals surface area contributed by atoms with Crippen LogP contribution in [0.5, 0.6) is 11.5 Å². The van der Waals surface area contributed by atoms with Gasteiger partial charge >= 0.3 is 5.97 Å². The van der Waals surface area contributed by atoms with Crippen molar-refractivity contribution in [2.24, 2.45) is 0 Å². The van der Waals surface area contributed by atoms with Crippen LogP contribution in [0, 0.1) is 20.8 Å². The second kappa shape index (κ2) is 8.67. The molecule has 27 heavy (non-hydrogen) atoms. The number of benzene rings is 2. The molecule has 5 nitrogen and oxygen atoms in total. The van der Waals surface area contributed by atoms with E-state index < -0.39 is 12.0 Å². The summed E-state index contributed by atoms with van der Waals surface area (Å²) >= 11 is 1.58. The first kappa shape index (κ1) is 19.6. The average molecular weight is 388 g/mol. The summed E-state index contributed by atoms with van der Waals surface area (Å²) in [7, 11) is 0. The molecule has 0 spiro atoms. The Balaban J connectivity index is 1.60. The Morgan fingerprint density at radius 1 is 1.11 bits per heavy atom. The molecule has 0 bridgehead atoms. The molecule has 0 aromatic heterocycles. The van der Waals surface area contributed by atoms with Crippen LogP contribution in [0.4, 0.5) is 0 Å². The monoisotopic (exact) mass is 387 g/mol. The van der Waals surface area contributed by atoms with Gasteiger partial charge in [0.1, 0.15) is 30.8 Å². The lowest BCUT2D eigenvalue weighted by molar-refractivity contribution is -0.138. The molecule has 1 fully saturated rings. The summed E-state index contributed by atoms with van der Waals surface area (Å²) in [5.41, 5.74) is 4.44. The summed E-state index contributed by atoms with van der Waals surface area (Å²) in [5, 5.41) is 12.2. The Labute approximate surface area is 164 Å². The number of aryl methyl sites for hydroxylation is 2.